The van der Waals surface area contributed by atoms with Crippen LogP contribution in [0.2, 0.25) is 0 Å². The highest BCUT2D eigenvalue weighted by Crippen LogP contribution is 2.16. The molecule has 12 heavy (non-hydrogen) atoms. The molecule has 1 rings (SSSR count). The molecule has 0 heterocycles. The molecule has 0 aromatic heterocycles. The van der Waals surface area contributed by atoms with Gasteiger partial charge in [-0.1, -0.05) is 22.0 Å². The van der Waals surface area contributed by atoms with Gasteiger partial charge in [-0.15, -0.1) is 0 Å². The molecule has 1 aromatic rings. The summed E-state index contributed by atoms with van der Waals surface area (Å²) in [6.07, 6.45) is -0.139. The van der Waals surface area contributed by atoms with Crippen molar-refractivity contribution in [1.82, 2.24) is 0 Å². The van der Waals surface area contributed by atoms with Crippen molar-refractivity contribution in [3.8, 4) is 0 Å². The Morgan fingerprint density at radius 1 is 1.58 bits per heavy atom. The summed E-state index contributed by atoms with van der Waals surface area (Å²) >= 11 is 3.16. The second kappa shape index (κ2) is 4.01. The minimum atomic E-state index is -0.499. The topological polar surface area (TPSA) is 20.2 Å². The average molecular weight is 233 g/mol. The van der Waals surface area contributed by atoms with Crippen LogP contribution in [0.3, 0.4) is 0 Å². The molecule has 0 saturated carbocycles. The van der Waals surface area contributed by atoms with E-state index in [2.05, 4.69) is 15.9 Å². The molecule has 0 aliphatic heterocycles. The Morgan fingerprint density at radius 3 is 2.75 bits per heavy atom. The van der Waals surface area contributed by atoms with E-state index in [1.54, 1.807) is 19.1 Å². The van der Waals surface area contributed by atoms with Crippen molar-refractivity contribution in [2.24, 2.45) is 0 Å². The fraction of sp³-hybridized carbons (Fsp3) is 0.333. The lowest BCUT2D eigenvalue weighted by Gasteiger charge is -2.05. The molecule has 1 aromatic carbocycles. The quantitative estimate of drug-likeness (QED) is 0.832. The third-order valence-corrected chi connectivity index (χ3v) is 2.02. The molecule has 0 bridgehead atoms. The molecule has 1 nitrogen and oxygen atoms in total. The second-order valence-corrected chi connectivity index (χ2v) is 3.70. The fourth-order valence-electron chi connectivity index (χ4n) is 1.01. The van der Waals surface area contributed by atoms with Gasteiger partial charge in [-0.25, -0.2) is 4.39 Å². The first-order valence-electron chi connectivity index (χ1n) is 3.71. The fourth-order valence-corrected chi connectivity index (χ4v) is 1.34. The molecular formula is C9H10BrFO. The van der Waals surface area contributed by atoms with E-state index in [4.69, 9.17) is 5.11 Å². The van der Waals surface area contributed by atoms with Crippen LogP contribution in [0.15, 0.2) is 22.7 Å². The highest BCUT2D eigenvalue weighted by atomic mass is 79.9. The summed E-state index contributed by atoms with van der Waals surface area (Å²) in [5, 5.41) is 9.02. The Morgan fingerprint density at radius 2 is 2.25 bits per heavy atom. The van der Waals surface area contributed by atoms with Crippen LogP contribution >= 0.6 is 15.9 Å². The third-order valence-electron chi connectivity index (χ3n) is 1.53. The van der Waals surface area contributed by atoms with Crippen molar-refractivity contribution in [1.29, 1.82) is 0 Å². The Hall–Kier alpha value is -0.410. The van der Waals surface area contributed by atoms with E-state index in [9.17, 15) is 4.39 Å². The van der Waals surface area contributed by atoms with Gasteiger partial charge >= 0.3 is 0 Å². The highest BCUT2D eigenvalue weighted by molar-refractivity contribution is 9.10. The van der Waals surface area contributed by atoms with E-state index in [0.717, 1.165) is 0 Å². The average Bonchev–Trinajstić information content (AvgIpc) is 1.94. The van der Waals surface area contributed by atoms with E-state index in [-0.39, 0.29) is 5.82 Å². The molecule has 0 aliphatic carbocycles. The van der Waals surface area contributed by atoms with Crippen LogP contribution in [0.4, 0.5) is 4.39 Å². The normalized spacial score (nSPS) is 13.0. The molecule has 0 saturated heterocycles. The number of halogens is 2. The molecule has 0 fully saturated rings. The first kappa shape index (κ1) is 9.68. The SMILES string of the molecule is C[C@H](O)Cc1ccc(Br)cc1F. The molecular weight excluding hydrogens is 223 g/mol. The summed E-state index contributed by atoms with van der Waals surface area (Å²) in [6.45, 7) is 1.64. The van der Waals surface area contributed by atoms with Crippen LogP contribution in [-0.2, 0) is 6.42 Å². The zero-order chi connectivity index (χ0) is 9.14. The highest BCUT2D eigenvalue weighted by Gasteiger charge is 2.05. The third kappa shape index (κ3) is 2.57. The van der Waals surface area contributed by atoms with Crippen LogP contribution in [0.5, 0.6) is 0 Å². The zero-order valence-corrected chi connectivity index (χ0v) is 8.31. The van der Waals surface area contributed by atoms with Crippen molar-refractivity contribution >= 4 is 15.9 Å². The second-order valence-electron chi connectivity index (χ2n) is 2.79. The smallest absolute Gasteiger partial charge is 0.127 e. The van der Waals surface area contributed by atoms with Gasteiger partial charge in [-0.3, -0.25) is 0 Å². The molecule has 1 N–H and O–H groups in total. The predicted octanol–water partition coefficient (Wildman–Crippen LogP) is 2.51. The van der Waals surface area contributed by atoms with Crippen LogP contribution in [0.1, 0.15) is 12.5 Å². The van der Waals surface area contributed by atoms with Crippen LogP contribution in [0, 0.1) is 5.82 Å². The summed E-state index contributed by atoms with van der Waals surface area (Å²) in [5.74, 6) is -0.273. The van der Waals surface area contributed by atoms with E-state index in [1.165, 1.54) is 6.07 Å². The zero-order valence-electron chi connectivity index (χ0n) is 6.72. The molecule has 66 valence electrons. The Labute approximate surface area is 79.4 Å². The van der Waals surface area contributed by atoms with E-state index in [1.807, 2.05) is 0 Å². The molecule has 0 aliphatic rings. The van der Waals surface area contributed by atoms with Crippen LogP contribution < -0.4 is 0 Å². The number of aliphatic hydroxyl groups is 1. The maximum atomic E-state index is 13.1. The number of hydrogen-bond acceptors (Lipinski definition) is 1. The molecule has 0 spiro atoms. The Kier molecular flexibility index (Phi) is 3.23. The van der Waals surface area contributed by atoms with Gasteiger partial charge in [0.1, 0.15) is 5.82 Å². The first-order valence-corrected chi connectivity index (χ1v) is 4.51. The number of hydrogen-bond donors (Lipinski definition) is 1. The predicted molar refractivity (Wildman–Crippen MR) is 49.5 cm³/mol. The Balaban J connectivity index is 2.86. The largest absolute Gasteiger partial charge is 0.393 e. The van der Waals surface area contributed by atoms with Gasteiger partial charge in [0, 0.05) is 10.9 Å². The van der Waals surface area contributed by atoms with E-state index < -0.39 is 6.10 Å². The van der Waals surface area contributed by atoms with Crippen LogP contribution in [-0.4, -0.2) is 11.2 Å². The molecule has 1 atom stereocenters. The van der Waals surface area contributed by atoms with Gasteiger partial charge < -0.3 is 5.11 Å². The summed E-state index contributed by atoms with van der Waals surface area (Å²) in [7, 11) is 0. The number of benzene rings is 1. The molecule has 0 unspecified atom stereocenters. The summed E-state index contributed by atoms with van der Waals surface area (Å²) in [5.41, 5.74) is 0.549. The molecule has 0 radical (unpaired) electrons. The lowest BCUT2D eigenvalue weighted by atomic mass is 10.1. The van der Waals surface area contributed by atoms with E-state index in [0.29, 0.717) is 16.5 Å². The standard InChI is InChI=1S/C9H10BrFO/c1-6(12)4-7-2-3-8(10)5-9(7)11/h2-3,5-6,12H,4H2,1H3/t6-/m0/s1. The van der Waals surface area contributed by atoms with E-state index >= 15 is 0 Å². The molecule has 0 amide bonds. The maximum Gasteiger partial charge on any atom is 0.127 e. The van der Waals surface area contributed by atoms with Gasteiger partial charge in [-0.2, -0.15) is 0 Å². The minimum Gasteiger partial charge on any atom is -0.393 e. The minimum absolute atomic E-state index is 0.273. The van der Waals surface area contributed by atoms with Crippen molar-refractivity contribution in [2.45, 2.75) is 19.4 Å². The van der Waals surface area contributed by atoms with Gasteiger partial charge in [0.2, 0.25) is 0 Å². The van der Waals surface area contributed by atoms with Gasteiger partial charge in [0.15, 0.2) is 0 Å². The summed E-state index contributed by atoms with van der Waals surface area (Å²) < 4.78 is 13.8. The van der Waals surface area contributed by atoms with Crippen LogP contribution in [0.25, 0.3) is 0 Å². The lowest BCUT2D eigenvalue weighted by Crippen LogP contribution is -2.05. The van der Waals surface area contributed by atoms with Crippen molar-refractivity contribution in [2.75, 3.05) is 0 Å². The monoisotopic (exact) mass is 232 g/mol. The first-order chi connectivity index (χ1) is 5.59. The number of aliphatic hydroxyl groups excluding tert-OH is 1. The molecule has 3 heteroatoms. The van der Waals surface area contributed by atoms with Crippen molar-refractivity contribution in [3.05, 3.63) is 34.1 Å². The van der Waals surface area contributed by atoms with Crippen molar-refractivity contribution in [3.63, 3.8) is 0 Å². The summed E-state index contributed by atoms with van der Waals surface area (Å²) in [4.78, 5) is 0. The maximum absolute atomic E-state index is 13.1. The van der Waals surface area contributed by atoms with Gasteiger partial charge in [-0.05, 0) is 24.6 Å². The van der Waals surface area contributed by atoms with Crippen molar-refractivity contribution < 1.29 is 9.50 Å². The Bertz CT molecular complexity index is 273. The van der Waals surface area contributed by atoms with Gasteiger partial charge in [0.25, 0.3) is 0 Å². The summed E-state index contributed by atoms with van der Waals surface area (Å²) in [6, 6.07) is 4.84. The number of rotatable bonds is 2. The lowest BCUT2D eigenvalue weighted by molar-refractivity contribution is 0.194. The van der Waals surface area contributed by atoms with Gasteiger partial charge in [0.05, 0.1) is 6.10 Å².